The second-order valence-corrected chi connectivity index (χ2v) is 4.90. The first-order valence-corrected chi connectivity index (χ1v) is 6.53. The Labute approximate surface area is 108 Å². The Morgan fingerprint density at radius 3 is 2.78 bits per heavy atom. The lowest BCUT2D eigenvalue weighted by Crippen LogP contribution is -1.97. The van der Waals surface area contributed by atoms with Gasteiger partial charge < -0.3 is 4.42 Å². The maximum Gasteiger partial charge on any atom is 0.433 e. The number of furan rings is 1. The lowest BCUT2D eigenvalue weighted by molar-refractivity contribution is -0.401. The first-order valence-electron chi connectivity index (χ1n) is 4.59. The molecular weight excluding hydrogens is 282 g/mol. The summed E-state index contributed by atoms with van der Waals surface area (Å²) in [4.78, 5) is 17.6. The normalized spacial score (nSPS) is 12.3. The van der Waals surface area contributed by atoms with Gasteiger partial charge in [0.1, 0.15) is 9.95 Å². The van der Waals surface area contributed by atoms with Crippen molar-refractivity contribution in [3.05, 3.63) is 33.5 Å². The summed E-state index contributed by atoms with van der Waals surface area (Å²) in [6, 6.07) is 2.56. The van der Waals surface area contributed by atoms with E-state index in [2.05, 4.69) is 9.97 Å². The van der Waals surface area contributed by atoms with Crippen molar-refractivity contribution in [2.75, 3.05) is 6.26 Å². The average Bonchev–Trinajstić information content (AvgIpc) is 2.78. The number of nitro groups is 1. The van der Waals surface area contributed by atoms with Gasteiger partial charge in [-0.1, -0.05) is 11.6 Å². The van der Waals surface area contributed by atoms with Gasteiger partial charge in [0.25, 0.3) is 0 Å². The number of rotatable bonds is 3. The molecule has 0 aliphatic carbocycles. The highest BCUT2D eigenvalue weighted by molar-refractivity contribution is 7.84. The summed E-state index contributed by atoms with van der Waals surface area (Å²) >= 11 is 5.78. The molecule has 94 valence electrons. The third-order valence-electron chi connectivity index (χ3n) is 1.98. The van der Waals surface area contributed by atoms with Crippen molar-refractivity contribution >= 4 is 28.3 Å². The lowest BCUT2D eigenvalue weighted by atomic mass is 10.4. The zero-order chi connectivity index (χ0) is 13.3. The summed E-state index contributed by atoms with van der Waals surface area (Å²) in [7, 11) is -1.39. The van der Waals surface area contributed by atoms with Crippen LogP contribution in [0.25, 0.3) is 11.6 Å². The highest BCUT2D eigenvalue weighted by Crippen LogP contribution is 2.25. The molecule has 0 saturated heterocycles. The molecule has 1 unspecified atom stereocenters. The minimum Gasteiger partial charge on any atom is -0.397 e. The third kappa shape index (κ3) is 2.39. The van der Waals surface area contributed by atoms with E-state index in [0.717, 1.165) is 0 Å². The molecule has 0 bridgehead atoms. The van der Waals surface area contributed by atoms with Crippen LogP contribution < -0.4 is 0 Å². The monoisotopic (exact) mass is 287 g/mol. The molecule has 0 spiro atoms. The highest BCUT2D eigenvalue weighted by atomic mass is 35.5. The molecule has 0 fully saturated rings. The molecule has 0 saturated carbocycles. The van der Waals surface area contributed by atoms with Crippen LogP contribution in [-0.2, 0) is 10.8 Å². The summed E-state index contributed by atoms with van der Waals surface area (Å²) in [5.41, 5.74) is 0. The molecule has 0 N–H and O–H groups in total. The van der Waals surface area contributed by atoms with Crippen LogP contribution in [-0.4, -0.2) is 25.4 Å². The van der Waals surface area contributed by atoms with Crippen LogP contribution in [0.2, 0.25) is 5.02 Å². The smallest absolute Gasteiger partial charge is 0.397 e. The van der Waals surface area contributed by atoms with Crippen LogP contribution >= 0.6 is 11.6 Å². The Morgan fingerprint density at radius 1 is 1.50 bits per heavy atom. The van der Waals surface area contributed by atoms with Gasteiger partial charge in [0.2, 0.25) is 0 Å². The van der Waals surface area contributed by atoms with E-state index in [1.807, 2.05) is 0 Å². The summed E-state index contributed by atoms with van der Waals surface area (Å²) in [6.07, 6.45) is 2.69. The molecule has 2 aromatic rings. The quantitative estimate of drug-likeness (QED) is 0.486. The van der Waals surface area contributed by atoms with Crippen molar-refractivity contribution in [1.29, 1.82) is 0 Å². The Kier molecular flexibility index (Phi) is 3.39. The van der Waals surface area contributed by atoms with E-state index in [-0.39, 0.29) is 21.6 Å². The minimum absolute atomic E-state index is 0.0951. The van der Waals surface area contributed by atoms with Crippen molar-refractivity contribution in [2.45, 2.75) is 5.03 Å². The van der Waals surface area contributed by atoms with E-state index >= 15 is 0 Å². The van der Waals surface area contributed by atoms with Gasteiger partial charge in [-0.3, -0.25) is 14.3 Å². The minimum atomic E-state index is -1.39. The van der Waals surface area contributed by atoms with Crippen LogP contribution in [0, 0.1) is 10.1 Å². The second-order valence-electron chi connectivity index (χ2n) is 3.20. The van der Waals surface area contributed by atoms with Gasteiger partial charge in [-0.25, -0.2) is 9.97 Å². The van der Waals surface area contributed by atoms with Crippen molar-refractivity contribution < 1.29 is 13.5 Å². The molecule has 0 aromatic carbocycles. The molecule has 1 atom stereocenters. The van der Waals surface area contributed by atoms with Gasteiger partial charge >= 0.3 is 5.88 Å². The van der Waals surface area contributed by atoms with Crippen molar-refractivity contribution in [2.24, 2.45) is 0 Å². The van der Waals surface area contributed by atoms with Crippen LogP contribution in [0.5, 0.6) is 0 Å². The van der Waals surface area contributed by atoms with Gasteiger partial charge in [-0.05, 0) is 6.07 Å². The van der Waals surface area contributed by atoms with E-state index in [0.29, 0.717) is 0 Å². The van der Waals surface area contributed by atoms with Gasteiger partial charge in [0.15, 0.2) is 11.6 Å². The summed E-state index contributed by atoms with van der Waals surface area (Å²) in [5.74, 6) is -0.203. The van der Waals surface area contributed by atoms with E-state index in [9.17, 15) is 14.3 Å². The number of nitrogens with zero attached hydrogens (tertiary/aromatic N) is 3. The lowest BCUT2D eigenvalue weighted by Gasteiger charge is -2.00. The molecule has 2 heterocycles. The molecule has 0 aliphatic rings. The maximum absolute atomic E-state index is 11.4. The Morgan fingerprint density at radius 2 is 2.22 bits per heavy atom. The van der Waals surface area contributed by atoms with Crippen LogP contribution in [0.1, 0.15) is 0 Å². The summed E-state index contributed by atoms with van der Waals surface area (Å²) in [5, 5.41) is 10.8. The molecule has 7 nitrogen and oxygen atoms in total. The molecule has 0 aliphatic heterocycles. The number of aromatic nitrogens is 2. The maximum atomic E-state index is 11.4. The van der Waals surface area contributed by atoms with Crippen molar-refractivity contribution in [3.63, 3.8) is 0 Å². The van der Waals surface area contributed by atoms with Gasteiger partial charge in [-0.15, -0.1) is 0 Å². The molecule has 2 rings (SSSR count). The first kappa shape index (κ1) is 12.7. The van der Waals surface area contributed by atoms with Crippen LogP contribution in [0.3, 0.4) is 0 Å². The van der Waals surface area contributed by atoms with Gasteiger partial charge in [0.05, 0.1) is 28.1 Å². The van der Waals surface area contributed by atoms with Crippen LogP contribution in [0.15, 0.2) is 27.8 Å². The van der Waals surface area contributed by atoms with E-state index < -0.39 is 21.6 Å². The molecule has 2 aromatic heterocycles. The Bertz CT molecular complexity index is 642. The average molecular weight is 288 g/mol. The zero-order valence-corrected chi connectivity index (χ0v) is 10.6. The predicted octanol–water partition coefficient (Wildman–Crippen LogP) is 2.04. The SMILES string of the molecule is CS(=O)c1nc(-c2ccc([N+](=O)[O-])o2)ncc1Cl. The topological polar surface area (TPSA) is 99.1 Å². The Balaban J connectivity index is 2.47. The first-order chi connectivity index (χ1) is 8.49. The largest absolute Gasteiger partial charge is 0.433 e. The summed E-state index contributed by atoms with van der Waals surface area (Å²) in [6.45, 7) is 0. The van der Waals surface area contributed by atoms with Crippen molar-refractivity contribution in [3.8, 4) is 11.6 Å². The third-order valence-corrected chi connectivity index (χ3v) is 3.22. The molecule has 9 heteroatoms. The molecular formula is C9H6ClN3O4S. The predicted molar refractivity (Wildman–Crippen MR) is 63.7 cm³/mol. The molecule has 0 radical (unpaired) electrons. The fourth-order valence-electron chi connectivity index (χ4n) is 1.22. The highest BCUT2D eigenvalue weighted by Gasteiger charge is 2.17. The van der Waals surface area contributed by atoms with Gasteiger partial charge in [-0.2, -0.15) is 0 Å². The molecule has 18 heavy (non-hydrogen) atoms. The fraction of sp³-hybridized carbons (Fsp3) is 0.111. The standard InChI is InChI=1S/C9H6ClN3O4S/c1-18(16)9-5(10)4-11-8(12-9)6-2-3-7(17-6)13(14)15/h2-4H,1H3. The van der Waals surface area contributed by atoms with E-state index in [1.165, 1.54) is 24.6 Å². The van der Waals surface area contributed by atoms with Gasteiger partial charge in [0, 0.05) is 6.26 Å². The summed E-state index contributed by atoms with van der Waals surface area (Å²) < 4.78 is 16.3. The van der Waals surface area contributed by atoms with E-state index in [1.54, 1.807) is 0 Å². The zero-order valence-electron chi connectivity index (χ0n) is 8.99. The number of hydrogen-bond donors (Lipinski definition) is 0. The molecule has 0 amide bonds. The number of hydrogen-bond acceptors (Lipinski definition) is 6. The fourth-order valence-corrected chi connectivity index (χ4v) is 2.18. The Hall–Kier alpha value is -1.80. The van der Waals surface area contributed by atoms with E-state index in [4.69, 9.17) is 16.0 Å². The second kappa shape index (κ2) is 4.83. The van der Waals surface area contributed by atoms with Crippen molar-refractivity contribution in [1.82, 2.24) is 9.97 Å². The number of halogens is 1. The van der Waals surface area contributed by atoms with Crippen LogP contribution in [0.4, 0.5) is 5.88 Å².